The Morgan fingerprint density at radius 1 is 1.22 bits per heavy atom. The van der Waals surface area contributed by atoms with Gasteiger partial charge in [-0.25, -0.2) is 4.98 Å². The Morgan fingerprint density at radius 2 is 2.00 bits per heavy atom. The molecule has 2 aromatic rings. The van der Waals surface area contributed by atoms with E-state index in [-0.39, 0.29) is 6.04 Å². The first kappa shape index (κ1) is 12.5. The van der Waals surface area contributed by atoms with Gasteiger partial charge >= 0.3 is 0 Å². The van der Waals surface area contributed by atoms with Crippen molar-refractivity contribution in [1.82, 2.24) is 15.3 Å². The van der Waals surface area contributed by atoms with Gasteiger partial charge in [0.15, 0.2) is 0 Å². The molecule has 3 N–H and O–H groups in total. The van der Waals surface area contributed by atoms with Crippen LogP contribution in [-0.4, -0.2) is 16.5 Å². The smallest absolute Gasteiger partial charge is 0.126 e. The molecule has 1 unspecified atom stereocenters. The molecule has 0 aliphatic heterocycles. The summed E-state index contributed by atoms with van der Waals surface area (Å²) in [5.74, 6) is 0.606. The maximum absolute atomic E-state index is 5.89. The van der Waals surface area contributed by atoms with Gasteiger partial charge in [0.25, 0.3) is 0 Å². The molecule has 0 radical (unpaired) electrons. The molecule has 1 atom stereocenters. The highest BCUT2D eigenvalue weighted by atomic mass is 14.9. The summed E-state index contributed by atoms with van der Waals surface area (Å²) >= 11 is 0. The van der Waals surface area contributed by atoms with Gasteiger partial charge in [0.2, 0.25) is 0 Å². The number of hydrogen-bond acceptors (Lipinski definition) is 4. The molecule has 0 saturated carbocycles. The number of nitrogens with two attached hydrogens (primary N) is 1. The third-order valence-corrected chi connectivity index (χ3v) is 2.91. The molecule has 0 aromatic carbocycles. The second kappa shape index (κ2) is 6.12. The van der Waals surface area contributed by atoms with Gasteiger partial charge in [-0.1, -0.05) is 13.0 Å². The fourth-order valence-corrected chi connectivity index (χ4v) is 1.99. The van der Waals surface area contributed by atoms with E-state index in [9.17, 15) is 0 Å². The van der Waals surface area contributed by atoms with Crippen molar-refractivity contribution in [2.75, 3.05) is 12.3 Å². The molecule has 0 aliphatic carbocycles. The molecule has 4 nitrogen and oxygen atoms in total. The summed E-state index contributed by atoms with van der Waals surface area (Å²) in [6.07, 6.45) is 6.17. The third kappa shape index (κ3) is 3.05. The van der Waals surface area contributed by atoms with Crippen molar-refractivity contribution in [3.05, 3.63) is 54.0 Å². The van der Waals surface area contributed by atoms with E-state index in [2.05, 4.69) is 22.2 Å². The highest BCUT2D eigenvalue weighted by molar-refractivity contribution is 5.39. The summed E-state index contributed by atoms with van der Waals surface area (Å²) in [6.45, 7) is 3.01. The second-order valence-electron chi connectivity index (χ2n) is 4.14. The lowest BCUT2D eigenvalue weighted by Gasteiger charge is -2.18. The van der Waals surface area contributed by atoms with Gasteiger partial charge in [0.05, 0.1) is 0 Å². The lowest BCUT2D eigenvalue weighted by atomic mass is 10.00. The number of hydrogen-bond donors (Lipinski definition) is 2. The zero-order valence-corrected chi connectivity index (χ0v) is 10.5. The second-order valence-corrected chi connectivity index (χ2v) is 4.14. The molecule has 0 fully saturated rings. The summed E-state index contributed by atoms with van der Waals surface area (Å²) in [4.78, 5) is 8.17. The van der Waals surface area contributed by atoms with Crippen molar-refractivity contribution in [2.45, 2.75) is 19.4 Å². The van der Waals surface area contributed by atoms with Crippen molar-refractivity contribution in [3.63, 3.8) is 0 Å². The lowest BCUT2D eigenvalue weighted by Crippen LogP contribution is -2.23. The first-order valence-electron chi connectivity index (χ1n) is 6.14. The van der Waals surface area contributed by atoms with Gasteiger partial charge in [-0.05, 0) is 42.3 Å². The minimum absolute atomic E-state index is 0.240. The molecule has 2 heterocycles. The SMILES string of the molecule is CCNC(Cc1cccnc1N)c1ccncc1. The first-order valence-corrected chi connectivity index (χ1v) is 6.14. The summed E-state index contributed by atoms with van der Waals surface area (Å²) < 4.78 is 0. The van der Waals surface area contributed by atoms with Crippen LogP contribution in [0.25, 0.3) is 0 Å². The van der Waals surface area contributed by atoms with Gasteiger partial charge in [-0.3, -0.25) is 4.98 Å². The van der Waals surface area contributed by atoms with Gasteiger partial charge in [0.1, 0.15) is 5.82 Å². The van der Waals surface area contributed by atoms with Gasteiger partial charge in [-0.2, -0.15) is 0 Å². The van der Waals surface area contributed by atoms with E-state index in [1.165, 1.54) is 5.56 Å². The predicted octanol–water partition coefficient (Wildman–Crippen LogP) is 1.95. The third-order valence-electron chi connectivity index (χ3n) is 2.91. The van der Waals surface area contributed by atoms with Crippen LogP contribution in [0.15, 0.2) is 42.9 Å². The van der Waals surface area contributed by atoms with Crippen LogP contribution < -0.4 is 11.1 Å². The number of pyridine rings is 2. The predicted molar refractivity (Wildman–Crippen MR) is 73.0 cm³/mol. The minimum Gasteiger partial charge on any atom is -0.383 e. The van der Waals surface area contributed by atoms with Crippen LogP contribution in [0.3, 0.4) is 0 Å². The standard InChI is InChI=1S/C14H18N4/c1-2-17-13(11-5-8-16-9-6-11)10-12-4-3-7-18-14(12)15/h3-9,13,17H,2,10H2,1H3,(H2,15,18). The van der Waals surface area contributed by atoms with Crippen LogP contribution >= 0.6 is 0 Å². The molecule has 0 saturated heterocycles. The van der Waals surface area contributed by atoms with Crippen molar-refractivity contribution in [2.24, 2.45) is 0 Å². The number of nitrogen functional groups attached to an aromatic ring is 1. The average Bonchev–Trinajstić information content (AvgIpc) is 2.42. The summed E-state index contributed by atoms with van der Waals surface area (Å²) in [5, 5.41) is 3.46. The lowest BCUT2D eigenvalue weighted by molar-refractivity contribution is 0.549. The van der Waals surface area contributed by atoms with Crippen LogP contribution in [-0.2, 0) is 6.42 Å². The molecule has 4 heteroatoms. The number of aromatic nitrogens is 2. The van der Waals surface area contributed by atoms with Crippen molar-refractivity contribution in [1.29, 1.82) is 0 Å². The Labute approximate surface area is 107 Å². The first-order chi connectivity index (χ1) is 8.81. The molecule has 18 heavy (non-hydrogen) atoms. The van der Waals surface area contributed by atoms with Crippen molar-refractivity contribution in [3.8, 4) is 0 Å². The number of anilines is 1. The van der Waals surface area contributed by atoms with Crippen molar-refractivity contribution >= 4 is 5.82 Å². The maximum atomic E-state index is 5.89. The van der Waals surface area contributed by atoms with E-state index >= 15 is 0 Å². The Hall–Kier alpha value is -1.94. The maximum Gasteiger partial charge on any atom is 0.126 e. The van der Waals surface area contributed by atoms with Gasteiger partial charge < -0.3 is 11.1 Å². The van der Waals surface area contributed by atoms with Crippen LogP contribution in [0.4, 0.5) is 5.82 Å². The number of nitrogens with zero attached hydrogens (tertiary/aromatic N) is 2. The molecule has 2 rings (SSSR count). The topological polar surface area (TPSA) is 63.8 Å². The molecular weight excluding hydrogens is 224 g/mol. The zero-order valence-electron chi connectivity index (χ0n) is 10.5. The van der Waals surface area contributed by atoms with E-state index in [0.717, 1.165) is 18.5 Å². The fourth-order valence-electron chi connectivity index (χ4n) is 1.99. The molecular formula is C14H18N4. The summed E-state index contributed by atoms with van der Waals surface area (Å²) in [5.41, 5.74) is 8.18. The van der Waals surface area contributed by atoms with Crippen LogP contribution in [0, 0.1) is 0 Å². The molecule has 94 valence electrons. The summed E-state index contributed by atoms with van der Waals surface area (Å²) in [6, 6.07) is 8.24. The summed E-state index contributed by atoms with van der Waals surface area (Å²) in [7, 11) is 0. The largest absolute Gasteiger partial charge is 0.383 e. The van der Waals surface area contributed by atoms with Crippen LogP contribution in [0.2, 0.25) is 0 Å². The molecule has 0 amide bonds. The Balaban J connectivity index is 2.19. The molecule has 0 spiro atoms. The highest BCUT2D eigenvalue weighted by Crippen LogP contribution is 2.20. The zero-order chi connectivity index (χ0) is 12.8. The Bertz CT molecular complexity index is 484. The van der Waals surface area contributed by atoms with Crippen molar-refractivity contribution < 1.29 is 0 Å². The monoisotopic (exact) mass is 242 g/mol. The van der Waals surface area contributed by atoms with Crippen LogP contribution in [0.1, 0.15) is 24.1 Å². The number of nitrogens with one attached hydrogen (secondary N) is 1. The average molecular weight is 242 g/mol. The van der Waals surface area contributed by atoms with Crippen LogP contribution in [0.5, 0.6) is 0 Å². The molecule has 2 aromatic heterocycles. The molecule has 0 aliphatic rings. The minimum atomic E-state index is 0.240. The van der Waals surface area contributed by atoms with E-state index < -0.39 is 0 Å². The van der Waals surface area contributed by atoms with Gasteiger partial charge in [-0.15, -0.1) is 0 Å². The normalized spacial score (nSPS) is 12.3. The number of rotatable bonds is 5. The van der Waals surface area contributed by atoms with E-state index in [4.69, 9.17) is 5.73 Å². The van der Waals surface area contributed by atoms with E-state index in [1.54, 1.807) is 6.20 Å². The van der Waals surface area contributed by atoms with Gasteiger partial charge in [0, 0.05) is 24.6 Å². The number of likely N-dealkylation sites (N-methyl/N-ethyl adjacent to an activating group) is 1. The Kier molecular flexibility index (Phi) is 4.25. The fraction of sp³-hybridized carbons (Fsp3) is 0.286. The quantitative estimate of drug-likeness (QED) is 0.841. The molecule has 0 bridgehead atoms. The Morgan fingerprint density at radius 3 is 2.67 bits per heavy atom. The highest BCUT2D eigenvalue weighted by Gasteiger charge is 2.12. The van der Waals surface area contributed by atoms with E-state index in [1.807, 2.05) is 36.7 Å². The van der Waals surface area contributed by atoms with E-state index in [0.29, 0.717) is 5.82 Å².